The van der Waals surface area contributed by atoms with Gasteiger partial charge in [-0.3, -0.25) is 0 Å². The molecular formula is C17H20ClN7. The lowest BCUT2D eigenvalue weighted by Gasteiger charge is -2.33. The van der Waals surface area contributed by atoms with E-state index in [2.05, 4.69) is 29.6 Å². The second kappa shape index (κ2) is 6.84. The lowest BCUT2D eigenvalue weighted by Crippen LogP contribution is -2.35. The molecule has 3 aromatic rings. The van der Waals surface area contributed by atoms with Gasteiger partial charge in [0.05, 0.1) is 17.9 Å². The highest BCUT2D eigenvalue weighted by Gasteiger charge is 2.26. The van der Waals surface area contributed by atoms with Gasteiger partial charge in [0.1, 0.15) is 11.6 Å². The molecule has 1 unspecified atom stereocenters. The van der Waals surface area contributed by atoms with Crippen molar-refractivity contribution in [2.24, 2.45) is 7.05 Å². The molecule has 0 saturated carbocycles. The second-order valence-electron chi connectivity index (χ2n) is 6.39. The number of nitrogens with zero attached hydrogens (tertiary/aromatic N) is 7. The standard InChI is InChI=1S/C17H20ClN7/c1-23-16(11-24-8-6-19-12-24)21-22-17(23)13-3-2-7-25(10-13)15-5-4-14(18)9-20-15/h4-6,8-9,12-13H,2-3,7,10-11H2,1H3. The van der Waals surface area contributed by atoms with Crippen molar-refractivity contribution < 1.29 is 0 Å². The van der Waals surface area contributed by atoms with Gasteiger partial charge in [0.15, 0.2) is 5.82 Å². The molecule has 1 atom stereocenters. The van der Waals surface area contributed by atoms with Crippen molar-refractivity contribution in [3.8, 4) is 0 Å². The number of rotatable bonds is 4. The first-order chi connectivity index (χ1) is 12.2. The van der Waals surface area contributed by atoms with E-state index in [1.807, 2.05) is 29.9 Å². The topological polar surface area (TPSA) is 64.7 Å². The predicted octanol–water partition coefficient (Wildman–Crippen LogP) is 2.49. The summed E-state index contributed by atoms with van der Waals surface area (Å²) in [6, 6.07) is 3.87. The molecule has 0 aliphatic carbocycles. The number of hydrogen-bond donors (Lipinski definition) is 0. The minimum absolute atomic E-state index is 0.347. The highest BCUT2D eigenvalue weighted by atomic mass is 35.5. The summed E-state index contributed by atoms with van der Waals surface area (Å²) in [4.78, 5) is 10.8. The average Bonchev–Trinajstić information content (AvgIpc) is 3.27. The maximum absolute atomic E-state index is 5.95. The fraction of sp³-hybridized carbons (Fsp3) is 0.412. The van der Waals surface area contributed by atoms with Crippen LogP contribution in [0.25, 0.3) is 0 Å². The fourth-order valence-corrected chi connectivity index (χ4v) is 3.47. The van der Waals surface area contributed by atoms with Crippen LogP contribution in [0.3, 0.4) is 0 Å². The molecule has 7 nitrogen and oxygen atoms in total. The van der Waals surface area contributed by atoms with Gasteiger partial charge in [-0.2, -0.15) is 0 Å². The van der Waals surface area contributed by atoms with Crippen molar-refractivity contribution in [3.05, 3.63) is 53.7 Å². The lowest BCUT2D eigenvalue weighted by molar-refractivity contribution is 0.476. The number of piperidine rings is 1. The quantitative estimate of drug-likeness (QED) is 0.717. The molecule has 1 fully saturated rings. The summed E-state index contributed by atoms with van der Waals surface area (Å²) in [5.74, 6) is 3.29. The first-order valence-electron chi connectivity index (χ1n) is 8.41. The number of hydrogen-bond acceptors (Lipinski definition) is 5. The number of aromatic nitrogens is 6. The van der Waals surface area contributed by atoms with Crippen LogP contribution in [-0.4, -0.2) is 42.4 Å². The second-order valence-corrected chi connectivity index (χ2v) is 6.82. The van der Waals surface area contributed by atoms with Crippen LogP contribution in [0.2, 0.25) is 5.02 Å². The highest BCUT2D eigenvalue weighted by Crippen LogP contribution is 2.28. The van der Waals surface area contributed by atoms with Crippen LogP contribution in [-0.2, 0) is 13.6 Å². The highest BCUT2D eigenvalue weighted by molar-refractivity contribution is 6.30. The van der Waals surface area contributed by atoms with Crippen LogP contribution in [0.1, 0.15) is 30.4 Å². The number of halogens is 1. The van der Waals surface area contributed by atoms with Gasteiger partial charge >= 0.3 is 0 Å². The third-order valence-corrected chi connectivity index (χ3v) is 4.93. The van der Waals surface area contributed by atoms with E-state index in [9.17, 15) is 0 Å². The van der Waals surface area contributed by atoms with E-state index in [1.165, 1.54) is 0 Å². The van der Waals surface area contributed by atoms with Crippen molar-refractivity contribution >= 4 is 17.4 Å². The first kappa shape index (κ1) is 16.1. The molecular weight excluding hydrogens is 338 g/mol. The molecule has 0 N–H and O–H groups in total. The monoisotopic (exact) mass is 357 g/mol. The van der Waals surface area contributed by atoms with Gasteiger partial charge in [0, 0.05) is 44.6 Å². The van der Waals surface area contributed by atoms with Crippen molar-refractivity contribution in [1.82, 2.24) is 29.3 Å². The minimum atomic E-state index is 0.347. The molecule has 0 amide bonds. The van der Waals surface area contributed by atoms with Crippen molar-refractivity contribution in [2.75, 3.05) is 18.0 Å². The van der Waals surface area contributed by atoms with Crippen LogP contribution >= 0.6 is 11.6 Å². The summed E-state index contributed by atoms with van der Waals surface area (Å²) in [6.07, 6.45) is 9.42. The molecule has 1 aliphatic rings. The minimum Gasteiger partial charge on any atom is -0.356 e. The molecule has 130 valence electrons. The number of pyridine rings is 1. The summed E-state index contributed by atoms with van der Waals surface area (Å²) >= 11 is 5.95. The molecule has 8 heteroatoms. The predicted molar refractivity (Wildman–Crippen MR) is 95.8 cm³/mol. The van der Waals surface area contributed by atoms with Gasteiger partial charge in [-0.25, -0.2) is 9.97 Å². The van der Waals surface area contributed by atoms with Crippen LogP contribution in [0.5, 0.6) is 0 Å². The summed E-state index contributed by atoms with van der Waals surface area (Å²) in [5.41, 5.74) is 0. The lowest BCUT2D eigenvalue weighted by atomic mass is 9.97. The van der Waals surface area contributed by atoms with Gasteiger partial charge < -0.3 is 14.0 Å². The van der Waals surface area contributed by atoms with E-state index in [-0.39, 0.29) is 0 Å². The first-order valence-corrected chi connectivity index (χ1v) is 8.79. The Morgan fingerprint density at radius 3 is 2.96 bits per heavy atom. The Morgan fingerprint density at radius 2 is 2.20 bits per heavy atom. The van der Waals surface area contributed by atoms with Gasteiger partial charge in [-0.15, -0.1) is 10.2 Å². The van der Waals surface area contributed by atoms with Crippen LogP contribution in [0.4, 0.5) is 5.82 Å². The summed E-state index contributed by atoms with van der Waals surface area (Å²) < 4.78 is 4.11. The average molecular weight is 358 g/mol. The fourth-order valence-electron chi connectivity index (χ4n) is 3.36. The Hall–Kier alpha value is -2.41. The zero-order valence-electron chi connectivity index (χ0n) is 14.1. The molecule has 4 rings (SSSR count). The molecule has 0 spiro atoms. The largest absolute Gasteiger partial charge is 0.356 e. The summed E-state index contributed by atoms with van der Waals surface area (Å²) in [7, 11) is 2.04. The van der Waals surface area contributed by atoms with E-state index in [1.54, 1.807) is 18.7 Å². The van der Waals surface area contributed by atoms with E-state index < -0.39 is 0 Å². The third kappa shape index (κ3) is 3.37. The van der Waals surface area contributed by atoms with Gasteiger partial charge in [0.2, 0.25) is 0 Å². The molecule has 4 heterocycles. The zero-order chi connectivity index (χ0) is 17.2. The maximum atomic E-state index is 5.95. The molecule has 1 aliphatic heterocycles. The van der Waals surface area contributed by atoms with Crippen molar-refractivity contribution in [2.45, 2.75) is 25.3 Å². The van der Waals surface area contributed by atoms with Gasteiger partial charge in [-0.05, 0) is 25.0 Å². The SMILES string of the molecule is Cn1c(Cn2ccnc2)nnc1C1CCCN(c2ccc(Cl)cn2)C1. The molecule has 0 radical (unpaired) electrons. The van der Waals surface area contributed by atoms with Crippen LogP contribution in [0.15, 0.2) is 37.1 Å². The summed E-state index contributed by atoms with van der Waals surface area (Å²) in [5, 5.41) is 9.52. The normalized spacial score (nSPS) is 17.8. The van der Waals surface area contributed by atoms with Crippen molar-refractivity contribution in [1.29, 1.82) is 0 Å². The van der Waals surface area contributed by atoms with Crippen LogP contribution in [0, 0.1) is 0 Å². The molecule has 25 heavy (non-hydrogen) atoms. The molecule has 0 aromatic carbocycles. The number of imidazole rings is 1. The van der Waals surface area contributed by atoms with Crippen molar-refractivity contribution in [3.63, 3.8) is 0 Å². The Morgan fingerprint density at radius 1 is 1.28 bits per heavy atom. The molecule has 1 saturated heterocycles. The Bertz CT molecular complexity index is 825. The van der Waals surface area contributed by atoms with Crippen LogP contribution < -0.4 is 4.90 Å². The Kier molecular flexibility index (Phi) is 4.40. The zero-order valence-corrected chi connectivity index (χ0v) is 14.8. The van der Waals surface area contributed by atoms with Gasteiger partial charge in [-0.1, -0.05) is 11.6 Å². The van der Waals surface area contributed by atoms with E-state index >= 15 is 0 Å². The third-order valence-electron chi connectivity index (χ3n) is 4.70. The summed E-state index contributed by atoms with van der Waals surface area (Å²) in [6.45, 7) is 2.58. The van der Waals surface area contributed by atoms with E-state index in [4.69, 9.17) is 11.6 Å². The number of anilines is 1. The Labute approximate surface area is 151 Å². The molecule has 0 bridgehead atoms. The van der Waals surface area contributed by atoms with E-state index in [0.29, 0.717) is 17.5 Å². The molecule has 3 aromatic heterocycles. The van der Waals surface area contributed by atoms with Gasteiger partial charge in [0.25, 0.3) is 0 Å². The van der Waals surface area contributed by atoms with E-state index in [0.717, 1.165) is 43.4 Å². The smallest absolute Gasteiger partial charge is 0.152 e. The maximum Gasteiger partial charge on any atom is 0.152 e. The Balaban J connectivity index is 1.51.